The Labute approximate surface area is 106 Å². The van der Waals surface area contributed by atoms with Gasteiger partial charge in [-0.15, -0.1) is 0 Å². The molecule has 2 rings (SSSR count). The van der Waals surface area contributed by atoms with Crippen LogP contribution < -0.4 is 10.1 Å². The minimum absolute atomic E-state index is 0.317. The fraction of sp³-hybridized carbons (Fsp3) is 0.133. The van der Waals surface area contributed by atoms with Crippen LogP contribution in [-0.4, -0.2) is 5.97 Å². The summed E-state index contributed by atoms with van der Waals surface area (Å²) in [6.07, 6.45) is 0. The maximum absolute atomic E-state index is 10.9. The first-order valence-electron chi connectivity index (χ1n) is 5.76. The van der Waals surface area contributed by atoms with Crippen molar-refractivity contribution in [2.24, 2.45) is 0 Å². The number of carbonyl (C=O) groups excluding carboxylic acids is 1. The van der Waals surface area contributed by atoms with Crippen molar-refractivity contribution in [3.05, 3.63) is 54.1 Å². The highest BCUT2D eigenvalue weighted by Gasteiger charge is 2.00. The Kier molecular flexibility index (Phi) is 3.63. The van der Waals surface area contributed by atoms with Crippen LogP contribution in [0.2, 0.25) is 0 Å². The molecule has 0 aliphatic carbocycles. The Morgan fingerprint density at radius 1 is 1.06 bits per heavy atom. The van der Waals surface area contributed by atoms with E-state index in [1.807, 2.05) is 43.3 Å². The minimum atomic E-state index is -0.317. The molecule has 18 heavy (non-hydrogen) atoms. The van der Waals surface area contributed by atoms with Crippen LogP contribution in [0.5, 0.6) is 5.75 Å². The fourth-order valence-corrected chi connectivity index (χ4v) is 1.61. The van der Waals surface area contributed by atoms with Crippen molar-refractivity contribution in [1.82, 2.24) is 0 Å². The molecule has 1 N–H and O–H groups in total. The van der Waals surface area contributed by atoms with Crippen molar-refractivity contribution in [2.45, 2.75) is 13.8 Å². The van der Waals surface area contributed by atoms with Gasteiger partial charge in [0.15, 0.2) is 0 Å². The first-order chi connectivity index (χ1) is 8.63. The topological polar surface area (TPSA) is 38.3 Å². The summed E-state index contributed by atoms with van der Waals surface area (Å²) in [7, 11) is 0. The summed E-state index contributed by atoms with van der Waals surface area (Å²) >= 11 is 0. The number of nitrogens with one attached hydrogen (secondary N) is 1. The summed E-state index contributed by atoms with van der Waals surface area (Å²) in [6.45, 7) is 3.44. The fourth-order valence-electron chi connectivity index (χ4n) is 1.61. The average molecular weight is 241 g/mol. The number of anilines is 2. The molecule has 0 saturated carbocycles. The van der Waals surface area contributed by atoms with Crippen LogP contribution in [0, 0.1) is 6.92 Å². The van der Waals surface area contributed by atoms with E-state index in [9.17, 15) is 4.79 Å². The average Bonchev–Trinajstić information content (AvgIpc) is 2.32. The smallest absolute Gasteiger partial charge is 0.308 e. The van der Waals surface area contributed by atoms with Gasteiger partial charge >= 0.3 is 5.97 Å². The lowest BCUT2D eigenvalue weighted by atomic mass is 10.2. The summed E-state index contributed by atoms with van der Waals surface area (Å²) in [5, 5.41) is 3.25. The Bertz CT molecular complexity index is 547. The van der Waals surface area contributed by atoms with Gasteiger partial charge in [-0.25, -0.2) is 0 Å². The van der Waals surface area contributed by atoms with Crippen LogP contribution in [0.15, 0.2) is 48.5 Å². The van der Waals surface area contributed by atoms with Gasteiger partial charge in [0.25, 0.3) is 0 Å². The van der Waals surface area contributed by atoms with E-state index in [0.717, 1.165) is 11.4 Å². The molecule has 0 spiro atoms. The molecule has 3 nitrogen and oxygen atoms in total. The molecule has 0 saturated heterocycles. The molecule has 0 atom stereocenters. The molecule has 0 aromatic heterocycles. The highest BCUT2D eigenvalue weighted by molar-refractivity contribution is 5.70. The van der Waals surface area contributed by atoms with Gasteiger partial charge < -0.3 is 10.1 Å². The number of carbonyl (C=O) groups is 1. The van der Waals surface area contributed by atoms with Gasteiger partial charge in [0.1, 0.15) is 5.75 Å². The number of rotatable bonds is 3. The molecule has 92 valence electrons. The SMILES string of the molecule is CC(=O)Oc1cccc(Nc2ccc(C)cc2)c1. The molecular formula is C15H15NO2. The predicted octanol–water partition coefficient (Wildman–Crippen LogP) is 3.66. The number of hydrogen-bond donors (Lipinski definition) is 1. The van der Waals surface area contributed by atoms with E-state index < -0.39 is 0 Å². The second kappa shape index (κ2) is 5.36. The zero-order valence-electron chi connectivity index (χ0n) is 10.4. The van der Waals surface area contributed by atoms with Gasteiger partial charge in [-0.1, -0.05) is 23.8 Å². The van der Waals surface area contributed by atoms with Crippen molar-refractivity contribution in [1.29, 1.82) is 0 Å². The Balaban J connectivity index is 2.13. The van der Waals surface area contributed by atoms with Gasteiger partial charge in [-0.05, 0) is 31.2 Å². The highest BCUT2D eigenvalue weighted by Crippen LogP contribution is 2.21. The molecule has 0 fully saturated rings. The van der Waals surface area contributed by atoms with Gasteiger partial charge in [-0.2, -0.15) is 0 Å². The molecule has 0 amide bonds. The second-order valence-corrected chi connectivity index (χ2v) is 4.11. The van der Waals surface area contributed by atoms with E-state index in [1.54, 1.807) is 12.1 Å². The number of aryl methyl sites for hydroxylation is 1. The lowest BCUT2D eigenvalue weighted by Crippen LogP contribution is -2.01. The first-order valence-corrected chi connectivity index (χ1v) is 5.76. The van der Waals surface area contributed by atoms with Gasteiger partial charge in [0, 0.05) is 24.4 Å². The largest absolute Gasteiger partial charge is 0.427 e. The van der Waals surface area contributed by atoms with Gasteiger partial charge in [0.2, 0.25) is 0 Å². The lowest BCUT2D eigenvalue weighted by Gasteiger charge is -2.08. The van der Waals surface area contributed by atoms with E-state index in [0.29, 0.717) is 5.75 Å². The van der Waals surface area contributed by atoms with E-state index in [1.165, 1.54) is 12.5 Å². The number of ether oxygens (including phenoxy) is 1. The molecule has 2 aromatic rings. The summed E-state index contributed by atoms with van der Waals surface area (Å²) in [4.78, 5) is 10.9. The molecule has 0 aliphatic rings. The quantitative estimate of drug-likeness (QED) is 0.658. The van der Waals surface area contributed by atoms with Crippen LogP contribution in [-0.2, 0) is 4.79 Å². The van der Waals surface area contributed by atoms with Crippen LogP contribution in [0.25, 0.3) is 0 Å². The van der Waals surface area contributed by atoms with Crippen molar-refractivity contribution in [2.75, 3.05) is 5.32 Å². The van der Waals surface area contributed by atoms with Gasteiger partial charge in [-0.3, -0.25) is 4.79 Å². The minimum Gasteiger partial charge on any atom is -0.427 e. The van der Waals surface area contributed by atoms with E-state index in [-0.39, 0.29) is 5.97 Å². The van der Waals surface area contributed by atoms with Crippen LogP contribution in [0.1, 0.15) is 12.5 Å². The second-order valence-electron chi connectivity index (χ2n) is 4.11. The monoisotopic (exact) mass is 241 g/mol. The normalized spacial score (nSPS) is 9.89. The number of esters is 1. The van der Waals surface area contributed by atoms with E-state index in [2.05, 4.69) is 5.32 Å². The summed E-state index contributed by atoms with van der Waals surface area (Å²) in [6, 6.07) is 15.4. The molecule has 0 unspecified atom stereocenters. The molecule has 0 radical (unpaired) electrons. The maximum atomic E-state index is 10.9. The standard InChI is InChI=1S/C15H15NO2/c1-11-6-8-13(9-7-11)16-14-4-3-5-15(10-14)18-12(2)17/h3-10,16H,1-2H3. The number of benzene rings is 2. The van der Waals surface area contributed by atoms with Crippen molar-refractivity contribution < 1.29 is 9.53 Å². The third-order valence-electron chi connectivity index (χ3n) is 2.44. The Morgan fingerprint density at radius 3 is 2.44 bits per heavy atom. The number of hydrogen-bond acceptors (Lipinski definition) is 3. The summed E-state index contributed by atoms with van der Waals surface area (Å²) < 4.78 is 5.03. The zero-order chi connectivity index (χ0) is 13.0. The molecule has 0 bridgehead atoms. The summed E-state index contributed by atoms with van der Waals surface area (Å²) in [5.74, 6) is 0.224. The predicted molar refractivity (Wildman–Crippen MR) is 72.2 cm³/mol. The highest BCUT2D eigenvalue weighted by atomic mass is 16.5. The Hall–Kier alpha value is -2.29. The Morgan fingerprint density at radius 2 is 1.78 bits per heavy atom. The van der Waals surface area contributed by atoms with Crippen molar-refractivity contribution in [3.63, 3.8) is 0 Å². The van der Waals surface area contributed by atoms with Crippen molar-refractivity contribution in [3.8, 4) is 5.75 Å². The molecular weight excluding hydrogens is 226 g/mol. The third kappa shape index (κ3) is 3.35. The lowest BCUT2D eigenvalue weighted by molar-refractivity contribution is -0.131. The van der Waals surface area contributed by atoms with Crippen molar-refractivity contribution >= 4 is 17.3 Å². The molecule has 3 heteroatoms. The van der Waals surface area contributed by atoms with E-state index >= 15 is 0 Å². The van der Waals surface area contributed by atoms with Crippen LogP contribution >= 0.6 is 0 Å². The third-order valence-corrected chi connectivity index (χ3v) is 2.44. The maximum Gasteiger partial charge on any atom is 0.308 e. The zero-order valence-corrected chi connectivity index (χ0v) is 10.4. The van der Waals surface area contributed by atoms with Gasteiger partial charge in [0.05, 0.1) is 0 Å². The first kappa shape index (κ1) is 12.2. The molecule has 0 aliphatic heterocycles. The molecule has 2 aromatic carbocycles. The van der Waals surface area contributed by atoms with Crippen LogP contribution in [0.4, 0.5) is 11.4 Å². The molecule has 0 heterocycles. The van der Waals surface area contributed by atoms with E-state index in [4.69, 9.17) is 4.74 Å². The van der Waals surface area contributed by atoms with Crippen LogP contribution in [0.3, 0.4) is 0 Å². The summed E-state index contributed by atoms with van der Waals surface area (Å²) in [5.41, 5.74) is 3.10.